The molecule has 30 heavy (non-hydrogen) atoms. The Kier molecular flexibility index (Phi) is 7.75. The molecule has 0 aliphatic rings. The van der Waals surface area contributed by atoms with Crippen molar-refractivity contribution in [3.05, 3.63) is 58.4 Å². The lowest BCUT2D eigenvalue weighted by Crippen LogP contribution is -2.04. The zero-order valence-electron chi connectivity index (χ0n) is 17.7. The van der Waals surface area contributed by atoms with Gasteiger partial charge in [0, 0.05) is 5.02 Å². The number of ether oxygens (including phenoxy) is 1. The van der Waals surface area contributed by atoms with E-state index in [-0.39, 0.29) is 5.56 Å². The van der Waals surface area contributed by atoms with Gasteiger partial charge in [-0.2, -0.15) is 0 Å². The van der Waals surface area contributed by atoms with Gasteiger partial charge in [-0.15, -0.1) is 0 Å². The smallest absolute Gasteiger partial charge is 0.335 e. The molecule has 0 amide bonds. The van der Waals surface area contributed by atoms with Crippen LogP contribution < -0.4 is 4.74 Å². The highest BCUT2D eigenvalue weighted by atomic mass is 35.5. The topological polar surface area (TPSA) is 64.4 Å². The molecule has 5 nitrogen and oxygen atoms in total. The van der Waals surface area contributed by atoms with Crippen molar-refractivity contribution >= 4 is 28.6 Å². The molecule has 1 heterocycles. The summed E-state index contributed by atoms with van der Waals surface area (Å²) >= 11 is 6.52. The largest absolute Gasteiger partial charge is 0.494 e. The number of rotatable bonds is 11. The van der Waals surface area contributed by atoms with Crippen LogP contribution in [-0.2, 0) is 6.54 Å². The zero-order chi connectivity index (χ0) is 21.5. The number of hydrogen-bond donors (Lipinski definition) is 1. The maximum absolute atomic E-state index is 11.3. The number of fused-ring (bicyclic) bond motifs is 1. The van der Waals surface area contributed by atoms with Crippen molar-refractivity contribution in [1.29, 1.82) is 0 Å². The fraction of sp³-hybridized carbons (Fsp3) is 0.417. The Labute approximate surface area is 182 Å². The van der Waals surface area contributed by atoms with Crippen molar-refractivity contribution in [2.24, 2.45) is 0 Å². The van der Waals surface area contributed by atoms with Gasteiger partial charge in [0.15, 0.2) is 0 Å². The molecule has 1 N–H and O–H groups in total. The molecule has 0 fully saturated rings. The highest BCUT2D eigenvalue weighted by molar-refractivity contribution is 6.31. The number of halogens is 1. The van der Waals surface area contributed by atoms with E-state index in [0.29, 0.717) is 18.2 Å². The third-order valence-electron chi connectivity index (χ3n) is 5.31. The fourth-order valence-corrected chi connectivity index (χ4v) is 3.79. The van der Waals surface area contributed by atoms with Gasteiger partial charge < -0.3 is 14.4 Å². The van der Waals surface area contributed by atoms with Gasteiger partial charge in [-0.25, -0.2) is 9.78 Å². The molecule has 0 saturated carbocycles. The Hall–Kier alpha value is -2.53. The molecule has 0 unspecified atom stereocenters. The van der Waals surface area contributed by atoms with Crippen LogP contribution in [0.15, 0.2) is 36.4 Å². The summed E-state index contributed by atoms with van der Waals surface area (Å²) < 4.78 is 7.84. The lowest BCUT2D eigenvalue weighted by atomic mass is 10.1. The number of unbranched alkanes of at least 4 members (excludes halogenated alkanes) is 5. The van der Waals surface area contributed by atoms with E-state index in [9.17, 15) is 9.90 Å². The van der Waals surface area contributed by atoms with Gasteiger partial charge in [-0.05, 0) is 49.2 Å². The first-order valence-corrected chi connectivity index (χ1v) is 11.0. The molecule has 0 spiro atoms. The predicted octanol–water partition coefficient (Wildman–Crippen LogP) is 6.48. The quantitative estimate of drug-likeness (QED) is 0.355. The number of aryl methyl sites for hydroxylation is 1. The van der Waals surface area contributed by atoms with Crippen molar-refractivity contribution in [2.75, 3.05) is 6.61 Å². The standard InChI is InChI=1S/C24H29ClN2O3/c1-3-4-5-6-7-8-13-30-20-11-9-19(21(25)15-20)16-27-17(2)26-22-12-10-18(24(28)29)14-23(22)27/h9-12,14-15H,3-8,13,16H2,1-2H3,(H,28,29). The molecular formula is C24H29ClN2O3. The summed E-state index contributed by atoms with van der Waals surface area (Å²) in [6, 6.07) is 10.7. The number of carboxylic acid groups (broad SMARTS) is 1. The molecule has 0 bridgehead atoms. The second-order valence-corrected chi connectivity index (χ2v) is 8.03. The number of aromatic nitrogens is 2. The highest BCUT2D eigenvalue weighted by Crippen LogP contribution is 2.26. The van der Waals surface area contributed by atoms with E-state index in [2.05, 4.69) is 11.9 Å². The zero-order valence-corrected chi connectivity index (χ0v) is 18.4. The molecule has 0 radical (unpaired) electrons. The SMILES string of the molecule is CCCCCCCCOc1ccc(Cn2c(C)nc3ccc(C(=O)O)cc32)c(Cl)c1. The van der Waals surface area contributed by atoms with Gasteiger partial charge >= 0.3 is 5.97 Å². The summed E-state index contributed by atoms with van der Waals surface area (Å²) in [6.07, 6.45) is 7.37. The van der Waals surface area contributed by atoms with Crippen LogP contribution in [0.5, 0.6) is 5.75 Å². The number of hydrogen-bond acceptors (Lipinski definition) is 3. The second kappa shape index (κ2) is 10.5. The average molecular weight is 429 g/mol. The molecule has 3 rings (SSSR count). The lowest BCUT2D eigenvalue weighted by molar-refractivity contribution is 0.0697. The Morgan fingerprint density at radius 3 is 2.60 bits per heavy atom. The van der Waals surface area contributed by atoms with Crippen LogP contribution in [0, 0.1) is 6.92 Å². The molecule has 1 aromatic heterocycles. The van der Waals surface area contributed by atoms with Gasteiger partial charge in [0.1, 0.15) is 11.6 Å². The first-order valence-electron chi connectivity index (χ1n) is 10.6. The van der Waals surface area contributed by atoms with E-state index < -0.39 is 5.97 Å². The number of benzene rings is 2. The lowest BCUT2D eigenvalue weighted by Gasteiger charge is -2.12. The van der Waals surface area contributed by atoms with Crippen LogP contribution in [-0.4, -0.2) is 27.2 Å². The van der Waals surface area contributed by atoms with Crippen molar-refractivity contribution in [3.63, 3.8) is 0 Å². The van der Waals surface area contributed by atoms with E-state index in [1.165, 1.54) is 32.1 Å². The molecule has 3 aromatic rings. The first-order chi connectivity index (χ1) is 14.5. The Bertz CT molecular complexity index is 1010. The second-order valence-electron chi connectivity index (χ2n) is 7.62. The van der Waals surface area contributed by atoms with Gasteiger partial charge in [-0.3, -0.25) is 0 Å². The normalized spacial score (nSPS) is 11.2. The van der Waals surface area contributed by atoms with Gasteiger partial charge in [0.05, 0.1) is 29.7 Å². The van der Waals surface area contributed by atoms with E-state index in [1.54, 1.807) is 18.2 Å². The third kappa shape index (κ3) is 5.54. The monoisotopic (exact) mass is 428 g/mol. The van der Waals surface area contributed by atoms with Crippen LogP contribution in [0.25, 0.3) is 11.0 Å². The predicted molar refractivity (Wildman–Crippen MR) is 121 cm³/mol. The maximum Gasteiger partial charge on any atom is 0.335 e. The summed E-state index contributed by atoms with van der Waals surface area (Å²) in [5, 5.41) is 9.91. The van der Waals surface area contributed by atoms with E-state index in [4.69, 9.17) is 16.3 Å². The van der Waals surface area contributed by atoms with Gasteiger partial charge in [0.25, 0.3) is 0 Å². The van der Waals surface area contributed by atoms with Crippen LogP contribution in [0.1, 0.15) is 67.2 Å². The average Bonchev–Trinajstić information content (AvgIpc) is 3.03. The minimum Gasteiger partial charge on any atom is -0.494 e. The minimum absolute atomic E-state index is 0.244. The van der Waals surface area contributed by atoms with Crippen LogP contribution in [0.4, 0.5) is 0 Å². The van der Waals surface area contributed by atoms with Gasteiger partial charge in [-0.1, -0.05) is 56.7 Å². The van der Waals surface area contributed by atoms with Crippen molar-refractivity contribution in [1.82, 2.24) is 9.55 Å². The molecule has 6 heteroatoms. The molecule has 0 atom stereocenters. The maximum atomic E-state index is 11.3. The fourth-order valence-electron chi connectivity index (χ4n) is 3.56. The van der Waals surface area contributed by atoms with E-state index in [1.807, 2.05) is 29.7 Å². The van der Waals surface area contributed by atoms with Crippen LogP contribution >= 0.6 is 11.6 Å². The van der Waals surface area contributed by atoms with E-state index >= 15 is 0 Å². The summed E-state index contributed by atoms with van der Waals surface area (Å²) in [5.74, 6) is 0.636. The molecule has 0 aliphatic carbocycles. The summed E-state index contributed by atoms with van der Waals surface area (Å²) in [7, 11) is 0. The first kappa shape index (κ1) is 22.2. The molecule has 0 aliphatic heterocycles. The Balaban J connectivity index is 1.65. The van der Waals surface area contributed by atoms with E-state index in [0.717, 1.165) is 34.6 Å². The summed E-state index contributed by atoms with van der Waals surface area (Å²) in [6.45, 7) is 5.35. The summed E-state index contributed by atoms with van der Waals surface area (Å²) in [5.41, 5.74) is 2.74. The number of imidazole rings is 1. The van der Waals surface area contributed by atoms with Crippen molar-refractivity contribution in [2.45, 2.75) is 58.9 Å². The molecule has 0 saturated heterocycles. The minimum atomic E-state index is -0.952. The number of nitrogens with zero attached hydrogens (tertiary/aromatic N) is 2. The van der Waals surface area contributed by atoms with Crippen molar-refractivity contribution in [3.8, 4) is 5.75 Å². The molecular weight excluding hydrogens is 400 g/mol. The number of carbonyl (C=O) groups is 1. The number of carboxylic acids is 1. The molecule has 2 aromatic carbocycles. The third-order valence-corrected chi connectivity index (χ3v) is 5.66. The Morgan fingerprint density at radius 1 is 1.10 bits per heavy atom. The number of aromatic carboxylic acids is 1. The van der Waals surface area contributed by atoms with Crippen LogP contribution in [0.2, 0.25) is 5.02 Å². The molecule has 160 valence electrons. The highest BCUT2D eigenvalue weighted by Gasteiger charge is 2.13. The van der Waals surface area contributed by atoms with Gasteiger partial charge in [0.2, 0.25) is 0 Å². The van der Waals surface area contributed by atoms with Crippen LogP contribution in [0.3, 0.4) is 0 Å². The Morgan fingerprint density at radius 2 is 1.87 bits per heavy atom. The van der Waals surface area contributed by atoms with Crippen molar-refractivity contribution < 1.29 is 14.6 Å². The summed E-state index contributed by atoms with van der Waals surface area (Å²) in [4.78, 5) is 15.9.